The van der Waals surface area contributed by atoms with Crippen molar-refractivity contribution in [2.45, 2.75) is 20.3 Å². The largest absolute Gasteiger partial charge is 0.497 e. The summed E-state index contributed by atoms with van der Waals surface area (Å²) in [4.78, 5) is 0. The highest BCUT2D eigenvalue weighted by atomic mass is 16.5. The fraction of sp³-hybridized carbons (Fsp3) is 0.571. The molecule has 1 aromatic carbocycles. The lowest BCUT2D eigenvalue weighted by Gasteiger charge is -2.13. The molecule has 17 heavy (non-hydrogen) atoms. The standard InChI is InChI=1S/C14H23NO2/c1-5-15-10-11(2)6-12-7-13(16-3)9-14(8-12)17-4/h7-9,11,15H,5-6,10H2,1-4H3. The van der Waals surface area contributed by atoms with Crippen LogP contribution in [0.3, 0.4) is 0 Å². The van der Waals surface area contributed by atoms with E-state index < -0.39 is 0 Å². The van der Waals surface area contributed by atoms with Crippen molar-refractivity contribution >= 4 is 0 Å². The molecule has 0 spiro atoms. The molecule has 0 bridgehead atoms. The van der Waals surface area contributed by atoms with Gasteiger partial charge in [0.1, 0.15) is 11.5 Å². The summed E-state index contributed by atoms with van der Waals surface area (Å²) in [6, 6.07) is 6.05. The number of benzene rings is 1. The molecule has 96 valence electrons. The van der Waals surface area contributed by atoms with Gasteiger partial charge in [0.05, 0.1) is 14.2 Å². The van der Waals surface area contributed by atoms with E-state index in [1.807, 2.05) is 6.07 Å². The van der Waals surface area contributed by atoms with E-state index in [-0.39, 0.29) is 0 Å². The quantitative estimate of drug-likeness (QED) is 0.790. The third-order valence-corrected chi connectivity index (χ3v) is 2.74. The number of hydrogen-bond acceptors (Lipinski definition) is 3. The molecular weight excluding hydrogens is 214 g/mol. The van der Waals surface area contributed by atoms with E-state index in [0.29, 0.717) is 5.92 Å². The van der Waals surface area contributed by atoms with Crippen LogP contribution in [-0.2, 0) is 6.42 Å². The van der Waals surface area contributed by atoms with Crippen LogP contribution >= 0.6 is 0 Å². The first-order chi connectivity index (χ1) is 8.19. The van der Waals surface area contributed by atoms with Gasteiger partial charge in [-0.15, -0.1) is 0 Å². The topological polar surface area (TPSA) is 30.5 Å². The lowest BCUT2D eigenvalue weighted by Crippen LogP contribution is -2.21. The van der Waals surface area contributed by atoms with E-state index in [2.05, 4.69) is 31.3 Å². The molecule has 3 heteroatoms. The van der Waals surface area contributed by atoms with Crippen LogP contribution in [-0.4, -0.2) is 27.3 Å². The fourth-order valence-corrected chi connectivity index (χ4v) is 1.85. The lowest BCUT2D eigenvalue weighted by molar-refractivity contribution is 0.392. The Morgan fingerprint density at radius 1 is 1.12 bits per heavy atom. The molecule has 0 saturated carbocycles. The average molecular weight is 237 g/mol. The Kier molecular flexibility index (Phi) is 5.84. The van der Waals surface area contributed by atoms with Gasteiger partial charge >= 0.3 is 0 Å². The number of rotatable bonds is 7. The van der Waals surface area contributed by atoms with Crippen LogP contribution in [0.25, 0.3) is 0 Å². The Morgan fingerprint density at radius 2 is 1.71 bits per heavy atom. The molecule has 1 aromatic rings. The van der Waals surface area contributed by atoms with Gasteiger partial charge in [0.25, 0.3) is 0 Å². The Bertz CT molecular complexity index is 317. The van der Waals surface area contributed by atoms with E-state index in [9.17, 15) is 0 Å². The monoisotopic (exact) mass is 237 g/mol. The summed E-state index contributed by atoms with van der Waals surface area (Å²) >= 11 is 0. The fourth-order valence-electron chi connectivity index (χ4n) is 1.85. The molecule has 0 aromatic heterocycles. The van der Waals surface area contributed by atoms with Crippen molar-refractivity contribution in [2.24, 2.45) is 5.92 Å². The SMILES string of the molecule is CCNCC(C)Cc1cc(OC)cc(OC)c1. The maximum absolute atomic E-state index is 5.26. The number of hydrogen-bond donors (Lipinski definition) is 1. The van der Waals surface area contributed by atoms with Crippen molar-refractivity contribution in [3.63, 3.8) is 0 Å². The second-order valence-corrected chi connectivity index (χ2v) is 4.34. The van der Waals surface area contributed by atoms with Crippen LogP contribution in [0, 0.1) is 5.92 Å². The third-order valence-electron chi connectivity index (χ3n) is 2.74. The Labute approximate surface area is 104 Å². The van der Waals surface area contributed by atoms with Crippen LogP contribution in [0.1, 0.15) is 19.4 Å². The third kappa shape index (κ3) is 4.65. The molecule has 0 fully saturated rings. The molecule has 3 nitrogen and oxygen atoms in total. The summed E-state index contributed by atoms with van der Waals surface area (Å²) in [5, 5.41) is 3.36. The minimum absolute atomic E-state index is 0.603. The number of methoxy groups -OCH3 is 2. The summed E-state index contributed by atoms with van der Waals surface area (Å²) in [6.07, 6.45) is 1.03. The van der Waals surface area contributed by atoms with E-state index in [4.69, 9.17) is 9.47 Å². The van der Waals surface area contributed by atoms with Gasteiger partial charge in [0.2, 0.25) is 0 Å². The van der Waals surface area contributed by atoms with Gasteiger partial charge in [-0.25, -0.2) is 0 Å². The Hall–Kier alpha value is -1.22. The molecule has 0 amide bonds. The second kappa shape index (κ2) is 7.17. The van der Waals surface area contributed by atoms with Gasteiger partial charge < -0.3 is 14.8 Å². The molecule has 1 atom stereocenters. The zero-order valence-corrected chi connectivity index (χ0v) is 11.2. The lowest BCUT2D eigenvalue weighted by atomic mass is 10.0. The molecule has 0 aliphatic carbocycles. The van der Waals surface area contributed by atoms with Crippen molar-refractivity contribution < 1.29 is 9.47 Å². The van der Waals surface area contributed by atoms with Crippen molar-refractivity contribution in [1.29, 1.82) is 0 Å². The molecule has 0 radical (unpaired) electrons. The summed E-state index contributed by atoms with van der Waals surface area (Å²) in [5.74, 6) is 2.32. The van der Waals surface area contributed by atoms with Crippen LogP contribution in [0.15, 0.2) is 18.2 Å². The van der Waals surface area contributed by atoms with Crippen molar-refractivity contribution in [3.05, 3.63) is 23.8 Å². The highest BCUT2D eigenvalue weighted by molar-refractivity contribution is 5.38. The molecule has 0 aliphatic rings. The molecule has 1 rings (SSSR count). The Morgan fingerprint density at radius 3 is 2.18 bits per heavy atom. The average Bonchev–Trinajstić information content (AvgIpc) is 2.35. The molecule has 1 N–H and O–H groups in total. The Balaban J connectivity index is 2.68. The summed E-state index contributed by atoms with van der Waals surface area (Å²) in [6.45, 7) is 6.43. The van der Waals surface area contributed by atoms with E-state index in [1.54, 1.807) is 14.2 Å². The van der Waals surface area contributed by atoms with Crippen LogP contribution in [0.4, 0.5) is 0 Å². The molecule has 1 unspecified atom stereocenters. The highest BCUT2D eigenvalue weighted by Crippen LogP contribution is 2.24. The first kappa shape index (κ1) is 13.8. The normalized spacial score (nSPS) is 12.2. The van der Waals surface area contributed by atoms with Crippen LogP contribution < -0.4 is 14.8 Å². The van der Waals surface area contributed by atoms with Gasteiger partial charge in [-0.05, 0) is 43.1 Å². The van der Waals surface area contributed by atoms with E-state index in [1.165, 1.54) is 5.56 Å². The second-order valence-electron chi connectivity index (χ2n) is 4.34. The number of ether oxygens (including phenoxy) is 2. The molecule has 0 aliphatic heterocycles. The van der Waals surface area contributed by atoms with Crippen LogP contribution in [0.2, 0.25) is 0 Å². The van der Waals surface area contributed by atoms with Crippen molar-refractivity contribution in [3.8, 4) is 11.5 Å². The molecular formula is C14H23NO2. The van der Waals surface area contributed by atoms with Gasteiger partial charge in [-0.3, -0.25) is 0 Å². The smallest absolute Gasteiger partial charge is 0.122 e. The summed E-state index contributed by atoms with van der Waals surface area (Å²) in [7, 11) is 3.36. The van der Waals surface area contributed by atoms with Gasteiger partial charge in [-0.2, -0.15) is 0 Å². The minimum atomic E-state index is 0.603. The minimum Gasteiger partial charge on any atom is -0.497 e. The molecule has 0 heterocycles. The maximum Gasteiger partial charge on any atom is 0.122 e. The maximum atomic E-state index is 5.26. The summed E-state index contributed by atoms with van der Waals surface area (Å²) < 4.78 is 10.5. The van der Waals surface area contributed by atoms with Crippen LogP contribution in [0.5, 0.6) is 11.5 Å². The van der Waals surface area contributed by atoms with Crippen molar-refractivity contribution in [2.75, 3.05) is 27.3 Å². The first-order valence-electron chi connectivity index (χ1n) is 6.12. The van der Waals surface area contributed by atoms with Gasteiger partial charge in [-0.1, -0.05) is 13.8 Å². The highest BCUT2D eigenvalue weighted by Gasteiger charge is 2.06. The molecule has 0 saturated heterocycles. The predicted octanol–water partition coefficient (Wildman–Crippen LogP) is 2.49. The van der Waals surface area contributed by atoms with Gasteiger partial charge in [0, 0.05) is 6.07 Å². The van der Waals surface area contributed by atoms with Crippen molar-refractivity contribution in [1.82, 2.24) is 5.32 Å². The van der Waals surface area contributed by atoms with E-state index >= 15 is 0 Å². The number of nitrogens with one attached hydrogen (secondary N) is 1. The first-order valence-corrected chi connectivity index (χ1v) is 6.12. The zero-order chi connectivity index (χ0) is 12.7. The van der Waals surface area contributed by atoms with E-state index in [0.717, 1.165) is 31.0 Å². The predicted molar refractivity (Wildman–Crippen MR) is 71.0 cm³/mol. The summed E-state index contributed by atoms with van der Waals surface area (Å²) in [5.41, 5.74) is 1.26. The zero-order valence-electron chi connectivity index (χ0n) is 11.2. The van der Waals surface area contributed by atoms with Gasteiger partial charge in [0.15, 0.2) is 0 Å².